The summed E-state index contributed by atoms with van der Waals surface area (Å²) in [6.45, 7) is 0.713. The summed E-state index contributed by atoms with van der Waals surface area (Å²) < 4.78 is 22.5. The van der Waals surface area contributed by atoms with Crippen molar-refractivity contribution in [3.63, 3.8) is 0 Å². The minimum absolute atomic E-state index is 0. The Morgan fingerprint density at radius 3 is 2.50 bits per heavy atom. The van der Waals surface area contributed by atoms with Gasteiger partial charge in [0.25, 0.3) is 0 Å². The van der Waals surface area contributed by atoms with E-state index in [1.54, 1.807) is 9.47 Å². The lowest BCUT2D eigenvalue weighted by Crippen LogP contribution is -2.53. The van der Waals surface area contributed by atoms with Gasteiger partial charge in [0.15, 0.2) is 11.6 Å². The molecule has 2 fully saturated rings. The smallest absolute Gasteiger partial charge is 0.341 e. The fourth-order valence-electron chi connectivity index (χ4n) is 4.06. The van der Waals surface area contributed by atoms with Gasteiger partial charge >= 0.3 is 5.97 Å². The number of benzene rings is 1. The maximum Gasteiger partial charge on any atom is 0.341 e. The van der Waals surface area contributed by atoms with Gasteiger partial charge in [-0.1, -0.05) is 0 Å². The number of anilines is 1. The molecular weight excluding hydrogens is 417 g/mol. The number of fused-ring (bicyclic) bond motifs is 1. The average Bonchev–Trinajstić information content (AvgIpc) is 3.53. The topological polar surface area (TPSA) is 118 Å². The summed E-state index contributed by atoms with van der Waals surface area (Å²) in [6.07, 6.45) is 4.00. The Balaban J connectivity index is 0.00000256. The zero-order valence-corrected chi connectivity index (χ0v) is 17.4. The molecule has 0 bridgehead atoms. The number of nitrogens with zero attached hydrogens (tertiary/aromatic N) is 2. The summed E-state index contributed by atoms with van der Waals surface area (Å²) in [6, 6.07) is 1.16. The molecule has 0 atom stereocenters. The predicted molar refractivity (Wildman–Crippen MR) is 113 cm³/mol. The predicted octanol–water partition coefficient (Wildman–Crippen LogP) is 1.89. The number of aliphatic hydroxyl groups excluding tert-OH is 1. The molecule has 1 aromatic carbocycles. The lowest BCUT2D eigenvalue weighted by atomic mass is 9.89. The molecule has 2 aromatic rings. The number of carboxylic acids is 1. The van der Waals surface area contributed by atoms with Crippen molar-refractivity contribution >= 4 is 35.0 Å². The van der Waals surface area contributed by atoms with Crippen LogP contribution in [0.5, 0.6) is 5.75 Å². The number of hydrogen-bond acceptors (Lipinski definition) is 6. The number of rotatable bonds is 5. The van der Waals surface area contributed by atoms with Gasteiger partial charge in [0.05, 0.1) is 24.6 Å². The summed E-state index contributed by atoms with van der Waals surface area (Å²) in [5.41, 5.74) is 4.97. The molecule has 1 saturated carbocycles. The number of methoxy groups -OCH3 is 1. The fraction of sp³-hybridized carbons (Fsp3) is 0.500. The maximum atomic E-state index is 15.2. The van der Waals surface area contributed by atoms with Crippen molar-refractivity contribution in [3.05, 3.63) is 33.9 Å². The molecule has 0 amide bonds. The first-order valence-electron chi connectivity index (χ1n) is 9.63. The Hall–Kier alpha value is -2.36. The Kier molecular flexibility index (Phi) is 5.99. The number of pyridine rings is 1. The molecule has 0 unspecified atom stereocenters. The van der Waals surface area contributed by atoms with Gasteiger partial charge in [-0.15, -0.1) is 12.4 Å². The molecule has 30 heavy (non-hydrogen) atoms. The summed E-state index contributed by atoms with van der Waals surface area (Å²) in [5, 5.41) is 18.9. The van der Waals surface area contributed by atoms with Crippen LogP contribution in [0.25, 0.3) is 10.9 Å². The largest absolute Gasteiger partial charge is 0.492 e. The minimum Gasteiger partial charge on any atom is -0.492 e. The van der Waals surface area contributed by atoms with E-state index in [0.717, 1.165) is 18.9 Å². The van der Waals surface area contributed by atoms with Crippen molar-refractivity contribution in [2.24, 2.45) is 5.73 Å². The molecule has 8 nitrogen and oxygen atoms in total. The van der Waals surface area contributed by atoms with Crippen molar-refractivity contribution in [2.45, 2.75) is 37.3 Å². The molecule has 1 saturated heterocycles. The first-order valence-corrected chi connectivity index (χ1v) is 9.63. The second-order valence-electron chi connectivity index (χ2n) is 7.96. The SMILES string of the molecule is COc1c(N2CCC(N)(CO)CC2)c(F)cc2c(=O)c(C(=O)O)cn(C3CC3)c12.Cl. The third-order valence-electron chi connectivity index (χ3n) is 5.96. The van der Waals surface area contributed by atoms with E-state index in [2.05, 4.69) is 0 Å². The quantitative estimate of drug-likeness (QED) is 0.648. The number of ether oxygens (including phenoxy) is 1. The van der Waals surface area contributed by atoms with Crippen LogP contribution < -0.4 is 20.8 Å². The van der Waals surface area contributed by atoms with Crippen LogP contribution in [0, 0.1) is 5.82 Å². The number of aromatic nitrogens is 1. The first kappa shape index (κ1) is 22.3. The van der Waals surface area contributed by atoms with Gasteiger partial charge in [-0.05, 0) is 31.7 Å². The van der Waals surface area contributed by atoms with Crippen molar-refractivity contribution in [3.8, 4) is 5.75 Å². The number of aliphatic hydroxyl groups is 1. The number of carboxylic acid groups (broad SMARTS) is 1. The van der Waals surface area contributed by atoms with E-state index in [4.69, 9.17) is 10.5 Å². The van der Waals surface area contributed by atoms with E-state index in [-0.39, 0.29) is 47.4 Å². The molecular formula is C20H25ClFN3O5. The number of carbonyl (C=O) groups is 1. The molecule has 1 aromatic heterocycles. The Labute approximate surface area is 178 Å². The van der Waals surface area contributed by atoms with Gasteiger partial charge in [-0.2, -0.15) is 0 Å². The van der Waals surface area contributed by atoms with Crippen LogP contribution in [-0.4, -0.2) is 53.1 Å². The van der Waals surface area contributed by atoms with Crippen LogP contribution in [-0.2, 0) is 0 Å². The van der Waals surface area contributed by atoms with E-state index in [1.165, 1.54) is 13.3 Å². The van der Waals surface area contributed by atoms with Crippen LogP contribution in [0.3, 0.4) is 0 Å². The number of halogens is 2. The third-order valence-corrected chi connectivity index (χ3v) is 5.96. The van der Waals surface area contributed by atoms with Crippen molar-refractivity contribution in [1.29, 1.82) is 0 Å². The second kappa shape index (κ2) is 8.05. The monoisotopic (exact) mass is 441 g/mol. The van der Waals surface area contributed by atoms with E-state index in [0.29, 0.717) is 31.4 Å². The number of nitrogens with two attached hydrogens (primary N) is 1. The Morgan fingerprint density at radius 2 is 2.00 bits per heavy atom. The molecule has 2 aliphatic rings. The van der Waals surface area contributed by atoms with E-state index >= 15 is 4.39 Å². The average molecular weight is 442 g/mol. The molecule has 4 rings (SSSR count). The van der Waals surface area contributed by atoms with Crippen molar-refractivity contribution in [1.82, 2.24) is 4.57 Å². The zero-order valence-electron chi connectivity index (χ0n) is 16.6. The van der Waals surface area contributed by atoms with Crippen LogP contribution in [0.2, 0.25) is 0 Å². The maximum absolute atomic E-state index is 15.2. The number of piperidine rings is 1. The first-order chi connectivity index (χ1) is 13.8. The van der Waals surface area contributed by atoms with Gasteiger partial charge in [0.2, 0.25) is 5.43 Å². The molecule has 0 spiro atoms. The molecule has 1 aliphatic carbocycles. The van der Waals surface area contributed by atoms with Gasteiger partial charge in [-0.3, -0.25) is 4.79 Å². The molecule has 4 N–H and O–H groups in total. The molecule has 10 heteroatoms. The van der Waals surface area contributed by atoms with E-state index < -0.39 is 22.8 Å². The highest BCUT2D eigenvalue weighted by Crippen LogP contribution is 2.44. The lowest BCUT2D eigenvalue weighted by Gasteiger charge is -2.39. The van der Waals surface area contributed by atoms with E-state index in [1.807, 2.05) is 0 Å². The fourth-order valence-corrected chi connectivity index (χ4v) is 4.06. The van der Waals surface area contributed by atoms with Crippen molar-refractivity contribution in [2.75, 3.05) is 31.7 Å². The van der Waals surface area contributed by atoms with Gasteiger partial charge in [-0.25, -0.2) is 9.18 Å². The molecule has 1 aliphatic heterocycles. The summed E-state index contributed by atoms with van der Waals surface area (Å²) >= 11 is 0. The molecule has 0 radical (unpaired) electrons. The second-order valence-corrected chi connectivity index (χ2v) is 7.96. The van der Waals surface area contributed by atoms with Crippen LogP contribution in [0.4, 0.5) is 10.1 Å². The Bertz CT molecular complexity index is 1050. The van der Waals surface area contributed by atoms with Crippen LogP contribution in [0.1, 0.15) is 42.1 Å². The lowest BCUT2D eigenvalue weighted by molar-refractivity contribution is 0.0694. The highest BCUT2D eigenvalue weighted by molar-refractivity contribution is 5.97. The zero-order chi connectivity index (χ0) is 20.9. The summed E-state index contributed by atoms with van der Waals surface area (Å²) in [5.74, 6) is -1.77. The highest BCUT2D eigenvalue weighted by atomic mass is 35.5. The summed E-state index contributed by atoms with van der Waals surface area (Å²) in [4.78, 5) is 26.1. The summed E-state index contributed by atoms with van der Waals surface area (Å²) in [7, 11) is 1.41. The number of hydrogen-bond donors (Lipinski definition) is 3. The van der Waals surface area contributed by atoms with E-state index in [9.17, 15) is 19.8 Å². The molecule has 164 valence electrons. The minimum atomic E-state index is -1.34. The normalized spacial score (nSPS) is 18.2. The number of aromatic carboxylic acids is 1. The van der Waals surface area contributed by atoms with Gasteiger partial charge in [0.1, 0.15) is 11.3 Å². The van der Waals surface area contributed by atoms with Crippen LogP contribution >= 0.6 is 12.4 Å². The standard InChI is InChI=1S/C20H24FN3O5.ClH/c1-29-18-15-12(17(26)13(19(27)28)9-24(15)11-2-3-11)8-14(21)16(18)23-6-4-20(22,10-25)5-7-23;/h8-9,11,25H,2-7,10,22H2,1H3,(H,27,28);1H. The van der Waals surface area contributed by atoms with Gasteiger partial charge < -0.3 is 30.2 Å². The third kappa shape index (κ3) is 3.61. The van der Waals surface area contributed by atoms with Crippen LogP contribution in [0.15, 0.2) is 17.1 Å². The van der Waals surface area contributed by atoms with Gasteiger partial charge in [0, 0.05) is 30.9 Å². The Morgan fingerprint density at radius 1 is 1.37 bits per heavy atom. The van der Waals surface area contributed by atoms with Crippen molar-refractivity contribution < 1.29 is 24.1 Å². The molecule has 2 heterocycles. The highest BCUT2D eigenvalue weighted by Gasteiger charge is 2.35.